The second-order valence-electron chi connectivity index (χ2n) is 11.5. The van der Waals surface area contributed by atoms with Gasteiger partial charge in [-0.15, -0.1) is 0 Å². The quantitative estimate of drug-likeness (QED) is 0.0665. The molecule has 0 aromatic heterocycles. The number of benzene rings is 3. The Morgan fingerprint density at radius 1 is 0.863 bits per heavy atom. The van der Waals surface area contributed by atoms with Crippen molar-refractivity contribution in [2.24, 2.45) is 11.5 Å². The fraction of sp³-hybridized carbons (Fsp3) is 0.250. The van der Waals surface area contributed by atoms with Gasteiger partial charge in [0.2, 0.25) is 23.6 Å². The Balaban J connectivity index is 1.94. The minimum atomic E-state index is -4.86. The predicted molar refractivity (Wildman–Crippen MR) is 179 cm³/mol. The van der Waals surface area contributed by atoms with Crippen LogP contribution in [0.5, 0.6) is 5.75 Å². The van der Waals surface area contributed by atoms with Crippen LogP contribution in [0.1, 0.15) is 40.4 Å². The first-order valence-corrected chi connectivity index (χ1v) is 16.5. The van der Waals surface area contributed by atoms with Gasteiger partial charge in [-0.1, -0.05) is 36.4 Å². The Bertz CT molecular complexity index is 1820. The molecule has 0 unspecified atom stereocenters. The summed E-state index contributed by atoms with van der Waals surface area (Å²) in [4.78, 5) is 93.8. The summed E-state index contributed by atoms with van der Waals surface area (Å²) in [5.74, 6) is -5.34. The molecule has 0 aliphatic heterocycles. The number of hydrogen-bond donors (Lipinski definition) is 9. The third-order valence-electron chi connectivity index (χ3n) is 7.23. The molecule has 3 rings (SSSR count). The van der Waals surface area contributed by atoms with E-state index in [1.54, 1.807) is 24.3 Å². The molecule has 3 aromatic carbocycles. The van der Waals surface area contributed by atoms with E-state index in [0.29, 0.717) is 22.4 Å². The summed E-state index contributed by atoms with van der Waals surface area (Å²) in [6, 6.07) is 14.1. The zero-order chi connectivity index (χ0) is 37.9. The summed E-state index contributed by atoms with van der Waals surface area (Å²) < 4.78 is 21.1. The fourth-order valence-corrected chi connectivity index (χ4v) is 5.14. The molecule has 0 radical (unpaired) electrons. The largest absolute Gasteiger partial charge is 0.524 e. The number of primary amides is 2. The van der Waals surface area contributed by atoms with Gasteiger partial charge in [0.15, 0.2) is 0 Å². The van der Waals surface area contributed by atoms with Gasteiger partial charge in [-0.05, 0) is 60.0 Å². The highest BCUT2D eigenvalue weighted by atomic mass is 31.2. The molecular formula is C32H37N6O12P. The summed E-state index contributed by atoms with van der Waals surface area (Å²) in [6.07, 6.45) is -2.22. The van der Waals surface area contributed by atoms with E-state index in [-0.39, 0.29) is 30.8 Å². The molecule has 19 heteroatoms. The van der Waals surface area contributed by atoms with Gasteiger partial charge < -0.3 is 47.5 Å². The molecule has 18 nitrogen and oxygen atoms in total. The molecule has 0 bridgehead atoms. The normalized spacial score (nSPS) is 13.4. The summed E-state index contributed by atoms with van der Waals surface area (Å²) in [7, 11) is -4.86. The topological polar surface area (TPSA) is 313 Å². The molecule has 272 valence electrons. The van der Waals surface area contributed by atoms with Gasteiger partial charge in [-0.3, -0.25) is 29.0 Å². The standard InChI is InChI=1S/C32H37N6O12P/c1-32(16-19-5-9-21(10-6-19)29(42)43,30(44)36-24(27(35)40)15-26(34)39)38-28(41)25(14-18-7-11-23(12-8-18)50-51(46,47)48)37-31(45)49-17-20-3-2-4-22(33)13-20/h2-13,24-25H,14-17,33H2,1H3,(H2,34,39)(H2,35,40)(H,36,44)(H,37,45)(H,38,41)(H,42,43)(H2,46,47,48)/t24-,25-,32-/m0/s1. The Morgan fingerprint density at radius 2 is 1.49 bits per heavy atom. The third-order valence-corrected chi connectivity index (χ3v) is 7.68. The predicted octanol–water partition coefficient (Wildman–Crippen LogP) is 0.239. The zero-order valence-corrected chi connectivity index (χ0v) is 28.0. The average molecular weight is 729 g/mol. The first kappa shape index (κ1) is 39.5. The smallest absolute Gasteiger partial charge is 0.478 e. The number of nitrogens with two attached hydrogens (primary N) is 3. The number of hydrogen-bond acceptors (Lipinski definition) is 10. The van der Waals surface area contributed by atoms with Gasteiger partial charge in [0.1, 0.15) is 30.0 Å². The molecular weight excluding hydrogens is 691 g/mol. The minimum Gasteiger partial charge on any atom is -0.478 e. The maximum Gasteiger partial charge on any atom is 0.524 e. The summed E-state index contributed by atoms with van der Waals surface area (Å²) in [5.41, 5.74) is 16.1. The summed E-state index contributed by atoms with van der Waals surface area (Å²) in [6.45, 7) is 1.07. The van der Waals surface area contributed by atoms with E-state index in [2.05, 4.69) is 20.5 Å². The second-order valence-corrected chi connectivity index (χ2v) is 12.7. The van der Waals surface area contributed by atoms with Crippen LogP contribution in [-0.4, -0.2) is 68.2 Å². The van der Waals surface area contributed by atoms with Crippen molar-refractivity contribution in [3.05, 3.63) is 95.1 Å². The van der Waals surface area contributed by atoms with E-state index in [9.17, 15) is 38.4 Å². The van der Waals surface area contributed by atoms with Gasteiger partial charge in [-0.25, -0.2) is 14.2 Å². The van der Waals surface area contributed by atoms with Gasteiger partial charge in [0.25, 0.3) is 0 Å². The highest BCUT2D eigenvalue weighted by Gasteiger charge is 2.39. The van der Waals surface area contributed by atoms with Crippen LogP contribution in [0, 0.1) is 0 Å². The number of carbonyl (C=O) groups excluding carboxylic acids is 5. The molecule has 0 heterocycles. The van der Waals surface area contributed by atoms with Crippen LogP contribution in [0.4, 0.5) is 10.5 Å². The lowest BCUT2D eigenvalue weighted by Crippen LogP contribution is -2.64. The number of anilines is 1. The molecule has 0 saturated heterocycles. The average Bonchev–Trinajstić information content (AvgIpc) is 3.03. The fourth-order valence-electron chi connectivity index (χ4n) is 4.74. The number of nitrogens with one attached hydrogen (secondary N) is 3. The van der Waals surface area contributed by atoms with Crippen molar-refractivity contribution in [1.82, 2.24) is 16.0 Å². The van der Waals surface area contributed by atoms with Gasteiger partial charge in [0.05, 0.1) is 12.0 Å². The number of nitrogen functional groups attached to an aromatic ring is 1. The number of carboxylic acids is 1. The lowest BCUT2D eigenvalue weighted by Gasteiger charge is -2.33. The van der Waals surface area contributed by atoms with E-state index >= 15 is 0 Å². The summed E-state index contributed by atoms with van der Waals surface area (Å²) >= 11 is 0. The molecule has 0 fully saturated rings. The van der Waals surface area contributed by atoms with Crippen LogP contribution in [0.15, 0.2) is 72.8 Å². The molecule has 51 heavy (non-hydrogen) atoms. The van der Waals surface area contributed by atoms with E-state index in [1.165, 1.54) is 55.5 Å². The van der Waals surface area contributed by atoms with Crippen molar-refractivity contribution in [1.29, 1.82) is 0 Å². The highest BCUT2D eigenvalue weighted by molar-refractivity contribution is 7.46. The second kappa shape index (κ2) is 17.1. The van der Waals surface area contributed by atoms with Crippen molar-refractivity contribution in [2.45, 2.75) is 50.4 Å². The van der Waals surface area contributed by atoms with Crippen molar-refractivity contribution in [3.8, 4) is 5.75 Å². The van der Waals surface area contributed by atoms with E-state index < -0.39 is 67.6 Å². The van der Waals surface area contributed by atoms with Crippen LogP contribution in [0.25, 0.3) is 0 Å². The van der Waals surface area contributed by atoms with Crippen LogP contribution >= 0.6 is 7.82 Å². The molecule has 12 N–H and O–H groups in total. The van der Waals surface area contributed by atoms with Crippen molar-refractivity contribution >= 4 is 49.2 Å². The lowest BCUT2D eigenvalue weighted by atomic mass is 9.90. The molecule has 3 aromatic rings. The monoisotopic (exact) mass is 728 g/mol. The third kappa shape index (κ3) is 12.8. The number of amides is 5. The van der Waals surface area contributed by atoms with Crippen LogP contribution in [-0.2, 0) is 47.9 Å². The van der Waals surface area contributed by atoms with Gasteiger partial charge in [0, 0.05) is 18.5 Å². The highest BCUT2D eigenvalue weighted by Crippen LogP contribution is 2.37. The molecule has 0 spiro atoms. The van der Waals surface area contributed by atoms with Gasteiger partial charge >= 0.3 is 19.9 Å². The maximum atomic E-state index is 14.0. The number of aromatic carboxylic acids is 1. The SMILES string of the molecule is C[C@@](Cc1ccc(C(=O)O)cc1)(NC(=O)[C@H](Cc1ccc(OP(=O)(O)O)cc1)NC(=O)OCc1cccc(N)c1)C(=O)N[C@@H](CC(N)=O)C(N)=O. The Hall–Kier alpha value is -5.97. The number of carbonyl (C=O) groups is 6. The van der Waals surface area contributed by atoms with E-state index in [4.69, 9.17) is 31.7 Å². The Labute approximate surface area is 290 Å². The van der Waals surface area contributed by atoms with Gasteiger partial charge in [-0.2, -0.15) is 0 Å². The molecule has 0 aliphatic carbocycles. The molecule has 5 amide bonds. The van der Waals surface area contributed by atoms with Crippen molar-refractivity contribution in [3.63, 3.8) is 0 Å². The number of phosphoric acid groups is 1. The number of carboxylic acid groups (broad SMARTS) is 1. The number of phosphoric ester groups is 1. The Kier molecular flexibility index (Phi) is 13.2. The number of alkyl carbamates (subject to hydrolysis) is 1. The first-order valence-electron chi connectivity index (χ1n) is 15.0. The molecule has 3 atom stereocenters. The van der Waals surface area contributed by atoms with E-state index in [1.807, 2.05) is 0 Å². The van der Waals surface area contributed by atoms with Crippen LogP contribution < -0.4 is 37.7 Å². The number of ether oxygens (including phenoxy) is 1. The van der Waals surface area contributed by atoms with Crippen LogP contribution in [0.3, 0.4) is 0 Å². The maximum absolute atomic E-state index is 14.0. The Morgan fingerprint density at radius 3 is 2.04 bits per heavy atom. The lowest BCUT2D eigenvalue weighted by molar-refractivity contribution is -0.136. The number of rotatable bonds is 17. The first-order chi connectivity index (χ1) is 23.8. The van der Waals surface area contributed by atoms with Crippen molar-refractivity contribution in [2.75, 3.05) is 5.73 Å². The van der Waals surface area contributed by atoms with E-state index in [0.717, 1.165) is 0 Å². The van der Waals surface area contributed by atoms with Crippen LogP contribution in [0.2, 0.25) is 0 Å². The molecule has 0 saturated carbocycles. The minimum absolute atomic E-state index is 0.0534. The molecule has 0 aliphatic rings. The van der Waals surface area contributed by atoms with Crippen molar-refractivity contribution < 1.29 is 57.5 Å². The summed E-state index contributed by atoms with van der Waals surface area (Å²) in [5, 5.41) is 16.6. The zero-order valence-electron chi connectivity index (χ0n) is 27.1.